The minimum atomic E-state index is -0.0658. The number of nitrogens with zero attached hydrogens (tertiary/aromatic N) is 3. The summed E-state index contributed by atoms with van der Waals surface area (Å²) in [5.41, 5.74) is 2.90. The highest BCUT2D eigenvalue weighted by atomic mass is 32.1. The Hall–Kier alpha value is -3.00. The second-order valence-corrected chi connectivity index (χ2v) is 10.6. The van der Waals surface area contributed by atoms with Crippen LogP contribution >= 0.6 is 11.3 Å². The molecule has 0 bridgehead atoms. The van der Waals surface area contributed by atoms with Crippen molar-refractivity contribution in [1.82, 2.24) is 14.9 Å². The Morgan fingerprint density at radius 3 is 2.59 bits per heavy atom. The number of carbonyl (C=O) groups excluding carboxylic acids is 2. The molecule has 3 aromatic rings. The molecule has 1 aliphatic carbocycles. The Labute approximate surface area is 202 Å². The van der Waals surface area contributed by atoms with Gasteiger partial charge in [-0.05, 0) is 61.9 Å². The smallest absolute Gasteiger partial charge is 0.259 e. The van der Waals surface area contributed by atoms with Crippen molar-refractivity contribution < 1.29 is 9.59 Å². The number of H-pyrrole nitrogens is 1. The number of carbonyl (C=O) groups is 2. The van der Waals surface area contributed by atoms with Crippen LogP contribution < -0.4 is 10.5 Å². The first-order valence-corrected chi connectivity index (χ1v) is 12.9. The molecule has 1 unspecified atom stereocenters. The van der Waals surface area contributed by atoms with E-state index >= 15 is 0 Å². The molecule has 0 radical (unpaired) electrons. The predicted octanol–water partition coefficient (Wildman–Crippen LogP) is 3.59. The molecule has 0 saturated carbocycles. The van der Waals surface area contributed by atoms with Crippen molar-refractivity contribution in [2.24, 2.45) is 5.92 Å². The van der Waals surface area contributed by atoms with E-state index in [0.717, 1.165) is 48.3 Å². The van der Waals surface area contributed by atoms with E-state index in [1.54, 1.807) is 18.3 Å². The molecule has 1 aromatic carbocycles. The lowest BCUT2D eigenvalue weighted by Crippen LogP contribution is -2.48. The second-order valence-electron chi connectivity index (χ2n) is 9.52. The fourth-order valence-corrected chi connectivity index (χ4v) is 6.42. The quantitative estimate of drug-likeness (QED) is 0.567. The molecule has 34 heavy (non-hydrogen) atoms. The molecule has 2 aliphatic rings. The molecule has 178 valence electrons. The normalized spacial score (nSPS) is 18.2. The number of Topliss-reactive ketones (excluding diaryl/α,β-unsaturated/α-hetero) is 1. The third-order valence-electron chi connectivity index (χ3n) is 7.06. The van der Waals surface area contributed by atoms with Crippen molar-refractivity contribution in [3.8, 4) is 0 Å². The SMILES string of the molecule is CC(=O)c1ccc(N2CCN(C(=O)CCc3nc4sc5c(c4c(=O)[nH]3)CCC(C)C5)CC2)cc1. The van der Waals surface area contributed by atoms with Gasteiger partial charge in [0.2, 0.25) is 5.91 Å². The van der Waals surface area contributed by atoms with Gasteiger partial charge in [-0.25, -0.2) is 4.98 Å². The lowest BCUT2D eigenvalue weighted by atomic mass is 9.89. The maximum atomic E-state index is 12.8. The number of rotatable bonds is 5. The second kappa shape index (κ2) is 9.33. The summed E-state index contributed by atoms with van der Waals surface area (Å²) in [6.45, 7) is 6.65. The van der Waals surface area contributed by atoms with E-state index in [9.17, 15) is 14.4 Å². The van der Waals surface area contributed by atoms with Gasteiger partial charge in [-0.15, -0.1) is 11.3 Å². The van der Waals surface area contributed by atoms with Crippen LogP contribution in [0.5, 0.6) is 0 Å². The highest BCUT2D eigenvalue weighted by Crippen LogP contribution is 2.35. The molecule has 0 spiro atoms. The van der Waals surface area contributed by atoms with Crippen LogP contribution in [0.4, 0.5) is 5.69 Å². The van der Waals surface area contributed by atoms with Crippen LogP contribution in [0.25, 0.3) is 10.2 Å². The van der Waals surface area contributed by atoms with Crippen LogP contribution in [0.3, 0.4) is 0 Å². The molecular weight excluding hydrogens is 448 g/mol. The summed E-state index contributed by atoms with van der Waals surface area (Å²) in [6, 6.07) is 7.64. The lowest BCUT2D eigenvalue weighted by molar-refractivity contribution is -0.131. The lowest BCUT2D eigenvalue weighted by Gasteiger charge is -2.36. The van der Waals surface area contributed by atoms with E-state index in [2.05, 4.69) is 16.8 Å². The summed E-state index contributed by atoms with van der Waals surface area (Å²) in [4.78, 5) is 51.0. The van der Waals surface area contributed by atoms with Crippen LogP contribution in [0.15, 0.2) is 29.1 Å². The molecule has 3 heterocycles. The fraction of sp³-hybridized carbons (Fsp3) is 0.462. The van der Waals surface area contributed by atoms with Crippen molar-refractivity contribution in [1.29, 1.82) is 0 Å². The van der Waals surface area contributed by atoms with E-state index < -0.39 is 0 Å². The topological polar surface area (TPSA) is 86.4 Å². The Morgan fingerprint density at radius 2 is 1.88 bits per heavy atom. The van der Waals surface area contributed by atoms with Crippen LogP contribution in [-0.2, 0) is 24.1 Å². The zero-order valence-electron chi connectivity index (χ0n) is 19.7. The molecule has 1 amide bonds. The summed E-state index contributed by atoms with van der Waals surface area (Å²) < 4.78 is 0. The first-order chi connectivity index (χ1) is 16.4. The number of hydrogen-bond donors (Lipinski definition) is 1. The van der Waals surface area contributed by atoms with Crippen molar-refractivity contribution >= 4 is 38.9 Å². The van der Waals surface area contributed by atoms with E-state index in [4.69, 9.17) is 4.98 Å². The maximum Gasteiger partial charge on any atom is 0.259 e. The standard InChI is InChI=1S/C26H30N4O3S/c1-16-3-8-20-21(15-16)34-26-24(20)25(33)27-22(28-26)9-10-23(32)30-13-11-29(12-14-30)19-6-4-18(5-7-19)17(2)31/h4-7,16H,3,8-15H2,1-2H3,(H,27,28,33). The third kappa shape index (κ3) is 4.51. The predicted molar refractivity (Wildman–Crippen MR) is 135 cm³/mol. The number of hydrogen-bond acceptors (Lipinski definition) is 6. The van der Waals surface area contributed by atoms with E-state index in [1.165, 1.54) is 10.4 Å². The number of fused-ring (bicyclic) bond motifs is 3. The number of piperazine rings is 1. The summed E-state index contributed by atoms with van der Waals surface area (Å²) in [5, 5.41) is 0.759. The summed E-state index contributed by atoms with van der Waals surface area (Å²) in [7, 11) is 0. The molecule has 1 atom stereocenters. The molecule has 2 aromatic heterocycles. The molecule has 1 saturated heterocycles. The Morgan fingerprint density at radius 1 is 1.15 bits per heavy atom. The number of aryl methyl sites for hydroxylation is 2. The van der Waals surface area contributed by atoms with Gasteiger partial charge in [0.05, 0.1) is 5.39 Å². The Kier molecular flexibility index (Phi) is 6.25. The molecule has 1 fully saturated rings. The summed E-state index contributed by atoms with van der Waals surface area (Å²) in [5.74, 6) is 1.40. The average molecular weight is 479 g/mol. The van der Waals surface area contributed by atoms with Gasteiger partial charge in [0.1, 0.15) is 10.7 Å². The van der Waals surface area contributed by atoms with Gasteiger partial charge < -0.3 is 14.8 Å². The van der Waals surface area contributed by atoms with Crippen LogP contribution in [0.2, 0.25) is 0 Å². The summed E-state index contributed by atoms with van der Waals surface area (Å²) in [6.07, 6.45) is 3.87. The number of amides is 1. The zero-order valence-corrected chi connectivity index (χ0v) is 20.5. The van der Waals surface area contributed by atoms with Gasteiger partial charge in [0, 0.05) is 55.1 Å². The molecular formula is C26H30N4O3S. The maximum absolute atomic E-state index is 12.8. The van der Waals surface area contributed by atoms with E-state index in [1.807, 2.05) is 29.2 Å². The van der Waals surface area contributed by atoms with Crippen molar-refractivity contribution in [3.63, 3.8) is 0 Å². The Balaban J connectivity index is 1.19. The van der Waals surface area contributed by atoms with Crippen LogP contribution in [-0.4, -0.2) is 52.7 Å². The minimum Gasteiger partial charge on any atom is -0.368 e. The highest BCUT2D eigenvalue weighted by molar-refractivity contribution is 7.18. The van der Waals surface area contributed by atoms with Gasteiger partial charge in [0.25, 0.3) is 5.56 Å². The van der Waals surface area contributed by atoms with E-state index in [-0.39, 0.29) is 17.2 Å². The van der Waals surface area contributed by atoms with Gasteiger partial charge >= 0.3 is 0 Å². The Bertz CT molecular complexity index is 1290. The van der Waals surface area contributed by atoms with Crippen LogP contribution in [0.1, 0.15) is 53.3 Å². The number of nitrogens with one attached hydrogen (secondary N) is 1. The van der Waals surface area contributed by atoms with Crippen LogP contribution in [0, 0.1) is 5.92 Å². The number of aromatic nitrogens is 2. The number of benzene rings is 1. The molecule has 8 heteroatoms. The zero-order chi connectivity index (χ0) is 23.8. The average Bonchev–Trinajstić information content (AvgIpc) is 3.20. The van der Waals surface area contributed by atoms with E-state index in [0.29, 0.717) is 43.2 Å². The fourth-order valence-electron chi connectivity index (χ4n) is 5.02. The summed E-state index contributed by atoms with van der Waals surface area (Å²) >= 11 is 1.64. The molecule has 5 rings (SSSR count). The van der Waals surface area contributed by atoms with Crippen molar-refractivity contribution in [2.75, 3.05) is 31.1 Å². The van der Waals surface area contributed by atoms with Crippen molar-refractivity contribution in [3.05, 3.63) is 56.4 Å². The van der Waals surface area contributed by atoms with Gasteiger partial charge in [-0.2, -0.15) is 0 Å². The molecule has 1 N–H and O–H groups in total. The first-order valence-electron chi connectivity index (χ1n) is 12.1. The number of ketones is 1. The number of aromatic amines is 1. The molecule has 7 nitrogen and oxygen atoms in total. The van der Waals surface area contributed by atoms with Gasteiger partial charge in [-0.1, -0.05) is 6.92 Å². The largest absolute Gasteiger partial charge is 0.368 e. The number of anilines is 1. The van der Waals surface area contributed by atoms with Gasteiger partial charge in [-0.3, -0.25) is 14.4 Å². The van der Waals surface area contributed by atoms with Gasteiger partial charge in [0.15, 0.2) is 5.78 Å². The number of thiophene rings is 1. The van der Waals surface area contributed by atoms with Crippen molar-refractivity contribution in [2.45, 2.75) is 46.0 Å². The first kappa shape index (κ1) is 22.8. The monoisotopic (exact) mass is 478 g/mol. The molecule has 1 aliphatic heterocycles. The third-order valence-corrected chi connectivity index (χ3v) is 8.21. The highest BCUT2D eigenvalue weighted by Gasteiger charge is 2.24. The minimum absolute atomic E-state index is 0.0604.